The van der Waals surface area contributed by atoms with E-state index in [4.69, 9.17) is 28.3 Å². The molecule has 0 spiro atoms. The number of carboxylic acid groups (broad SMARTS) is 1. The van der Waals surface area contributed by atoms with Crippen molar-refractivity contribution in [3.05, 3.63) is 57.6 Å². The zero-order valence-corrected chi connectivity index (χ0v) is 27.6. The van der Waals surface area contributed by atoms with Crippen molar-refractivity contribution in [2.75, 3.05) is 52.4 Å². The summed E-state index contributed by atoms with van der Waals surface area (Å²) in [6, 6.07) is 12.8. The van der Waals surface area contributed by atoms with Crippen molar-refractivity contribution in [3.63, 3.8) is 0 Å². The number of carbonyl (C=O) groups excluding carboxylic acids is 1. The Hall–Kier alpha value is -2.16. The Morgan fingerprint density at radius 2 is 1.20 bits per heavy atom. The van der Waals surface area contributed by atoms with Crippen LogP contribution in [0.4, 0.5) is 0 Å². The van der Waals surface area contributed by atoms with Crippen molar-refractivity contribution in [3.8, 4) is 11.1 Å². The monoisotopic (exact) mass is 642 g/mol. The molecule has 5 rings (SSSR count). The number of benzene rings is 2. The zero-order chi connectivity index (χ0) is 31.1. The van der Waals surface area contributed by atoms with Gasteiger partial charge < -0.3 is 15.3 Å². The molecule has 2 aromatic carbocycles. The minimum Gasteiger partial charge on any atom is -0.481 e. The lowest BCUT2D eigenvalue weighted by atomic mass is 9.78. The van der Waals surface area contributed by atoms with Crippen LogP contribution in [0.5, 0.6) is 0 Å². The molecule has 2 N–H and O–H groups in total. The van der Waals surface area contributed by atoms with Gasteiger partial charge in [-0.2, -0.15) is 0 Å². The maximum absolute atomic E-state index is 11.3. The van der Waals surface area contributed by atoms with Crippen LogP contribution < -0.4 is 5.32 Å². The minimum atomic E-state index is -0.701. The Kier molecular flexibility index (Phi) is 12.0. The Labute approximate surface area is 272 Å². The van der Waals surface area contributed by atoms with Crippen LogP contribution >= 0.6 is 23.2 Å². The molecule has 0 aliphatic carbocycles. The molecule has 0 radical (unpaired) electrons. The average molecular weight is 644 g/mol. The van der Waals surface area contributed by atoms with E-state index in [0.717, 1.165) is 94.7 Å². The van der Waals surface area contributed by atoms with Crippen LogP contribution in [-0.2, 0) is 22.7 Å². The second-order valence-corrected chi connectivity index (χ2v) is 14.2. The Morgan fingerprint density at radius 3 is 1.70 bits per heavy atom. The van der Waals surface area contributed by atoms with Crippen molar-refractivity contribution in [2.45, 2.75) is 65.0 Å². The van der Waals surface area contributed by atoms with E-state index in [2.05, 4.69) is 38.2 Å². The summed E-state index contributed by atoms with van der Waals surface area (Å²) in [6.45, 7) is 11.3. The highest BCUT2D eigenvalue weighted by atomic mass is 35.5. The van der Waals surface area contributed by atoms with Gasteiger partial charge in [0.05, 0.1) is 6.42 Å². The summed E-state index contributed by atoms with van der Waals surface area (Å²) in [7, 11) is 0. The Morgan fingerprint density at radius 1 is 0.727 bits per heavy atom. The van der Waals surface area contributed by atoms with Crippen LogP contribution in [0.25, 0.3) is 11.1 Å². The van der Waals surface area contributed by atoms with Crippen molar-refractivity contribution in [2.24, 2.45) is 17.8 Å². The normalized spacial score (nSPS) is 20.2. The van der Waals surface area contributed by atoms with Gasteiger partial charge in [-0.05, 0) is 148 Å². The maximum atomic E-state index is 11.3. The first-order valence-electron chi connectivity index (χ1n) is 16.4. The van der Waals surface area contributed by atoms with Gasteiger partial charge in [-0.3, -0.25) is 19.4 Å². The smallest absolute Gasteiger partial charge is 0.304 e. The van der Waals surface area contributed by atoms with Crippen LogP contribution in [0.2, 0.25) is 10.0 Å². The second-order valence-electron chi connectivity index (χ2n) is 13.3. The molecule has 3 aliphatic rings. The molecule has 0 atom stereocenters. The van der Waals surface area contributed by atoms with Gasteiger partial charge >= 0.3 is 5.97 Å². The summed E-state index contributed by atoms with van der Waals surface area (Å²) >= 11 is 12.8. The predicted molar refractivity (Wildman–Crippen MR) is 178 cm³/mol. The minimum absolute atomic E-state index is 0.0532. The van der Waals surface area contributed by atoms with Gasteiger partial charge in [-0.25, -0.2) is 0 Å². The second kappa shape index (κ2) is 15.9. The van der Waals surface area contributed by atoms with Gasteiger partial charge in [0.15, 0.2) is 0 Å². The molecule has 44 heavy (non-hydrogen) atoms. The van der Waals surface area contributed by atoms with E-state index in [9.17, 15) is 9.59 Å². The van der Waals surface area contributed by atoms with E-state index >= 15 is 0 Å². The number of hydrogen-bond donors (Lipinski definition) is 2. The molecular formula is C35H48Cl2N4O3. The third-order valence-electron chi connectivity index (χ3n) is 9.98. The fraction of sp³-hybridized carbons (Fsp3) is 0.600. The standard InChI is InChI=1S/C35H48Cl2N4O3/c1-25(42)38-22-26-2-9-40(10-3-26)23-27-16-28(18-31(17-27)32-19-33(36)21-34(37)20-32)24-41-13-6-30(7-14-41)29-4-11-39(12-5-29)15-8-35(43)44/h16-21,26,29-30H,2-15,22-24H2,1H3,(H,38,42)(H,43,44). The molecule has 240 valence electrons. The lowest BCUT2D eigenvalue weighted by Crippen LogP contribution is -2.41. The highest BCUT2D eigenvalue weighted by molar-refractivity contribution is 6.35. The van der Waals surface area contributed by atoms with Gasteiger partial charge in [0.1, 0.15) is 0 Å². The van der Waals surface area contributed by atoms with E-state index in [1.807, 2.05) is 12.1 Å². The van der Waals surface area contributed by atoms with E-state index in [1.54, 1.807) is 13.0 Å². The van der Waals surface area contributed by atoms with Crippen LogP contribution in [0.1, 0.15) is 63.0 Å². The van der Waals surface area contributed by atoms with Crippen LogP contribution in [0.15, 0.2) is 36.4 Å². The molecule has 3 saturated heterocycles. The number of likely N-dealkylation sites (tertiary alicyclic amines) is 3. The number of nitrogens with one attached hydrogen (secondary N) is 1. The summed E-state index contributed by atoms with van der Waals surface area (Å²) in [4.78, 5) is 29.7. The van der Waals surface area contributed by atoms with E-state index in [-0.39, 0.29) is 12.3 Å². The van der Waals surface area contributed by atoms with Gasteiger partial charge in [0.2, 0.25) is 5.91 Å². The van der Waals surface area contributed by atoms with E-state index in [1.165, 1.54) is 36.8 Å². The Bertz CT molecular complexity index is 1250. The van der Waals surface area contributed by atoms with Crippen molar-refractivity contribution in [1.82, 2.24) is 20.0 Å². The van der Waals surface area contributed by atoms with Crippen LogP contribution in [-0.4, -0.2) is 84.0 Å². The van der Waals surface area contributed by atoms with Gasteiger partial charge in [0.25, 0.3) is 0 Å². The largest absolute Gasteiger partial charge is 0.481 e. The molecule has 7 nitrogen and oxygen atoms in total. The molecule has 3 fully saturated rings. The van der Waals surface area contributed by atoms with E-state index in [0.29, 0.717) is 22.5 Å². The number of aliphatic carboxylic acids is 1. The van der Waals surface area contributed by atoms with Gasteiger partial charge in [-0.15, -0.1) is 0 Å². The number of hydrogen-bond acceptors (Lipinski definition) is 5. The molecule has 3 aliphatic heterocycles. The third-order valence-corrected chi connectivity index (χ3v) is 10.4. The summed E-state index contributed by atoms with van der Waals surface area (Å²) in [5.74, 6) is 1.45. The van der Waals surface area contributed by atoms with Crippen LogP contribution in [0, 0.1) is 17.8 Å². The van der Waals surface area contributed by atoms with Crippen molar-refractivity contribution in [1.29, 1.82) is 0 Å². The first-order chi connectivity index (χ1) is 21.2. The fourth-order valence-electron chi connectivity index (χ4n) is 7.47. The third kappa shape index (κ3) is 9.92. The molecule has 0 saturated carbocycles. The SMILES string of the molecule is CC(=O)NCC1CCN(Cc2cc(CN3CCC(C4CCN(CCC(=O)O)CC4)CC3)cc(-c3cc(Cl)cc(Cl)c3)c2)CC1. The number of amides is 1. The highest BCUT2D eigenvalue weighted by Gasteiger charge is 2.30. The van der Waals surface area contributed by atoms with Crippen LogP contribution in [0.3, 0.4) is 0 Å². The Balaban J connectivity index is 1.20. The van der Waals surface area contributed by atoms with Crippen molar-refractivity contribution < 1.29 is 14.7 Å². The number of carboxylic acids is 1. The van der Waals surface area contributed by atoms with E-state index < -0.39 is 5.97 Å². The summed E-state index contributed by atoms with van der Waals surface area (Å²) in [6.07, 6.45) is 7.33. The predicted octanol–water partition coefficient (Wildman–Crippen LogP) is 6.41. The first kappa shape index (κ1) is 33.2. The molecule has 0 bridgehead atoms. The maximum Gasteiger partial charge on any atom is 0.304 e. The van der Waals surface area contributed by atoms with Gasteiger partial charge in [-0.1, -0.05) is 29.3 Å². The number of halogens is 2. The molecule has 0 unspecified atom stereocenters. The number of rotatable bonds is 11. The fourth-order valence-corrected chi connectivity index (χ4v) is 8.00. The number of nitrogens with zero attached hydrogens (tertiary/aromatic N) is 3. The summed E-state index contributed by atoms with van der Waals surface area (Å²) in [5.41, 5.74) is 4.86. The topological polar surface area (TPSA) is 76.1 Å². The lowest BCUT2D eigenvalue weighted by Gasteiger charge is -2.40. The molecule has 9 heteroatoms. The average Bonchev–Trinajstić information content (AvgIpc) is 3.00. The quantitative estimate of drug-likeness (QED) is 0.295. The number of piperidine rings is 3. The summed E-state index contributed by atoms with van der Waals surface area (Å²) in [5, 5.41) is 13.3. The summed E-state index contributed by atoms with van der Waals surface area (Å²) < 4.78 is 0. The van der Waals surface area contributed by atoms with Gasteiger partial charge in [0, 0.05) is 43.1 Å². The molecule has 3 heterocycles. The number of carbonyl (C=O) groups is 2. The molecular weight excluding hydrogens is 595 g/mol. The zero-order valence-electron chi connectivity index (χ0n) is 26.1. The lowest BCUT2D eigenvalue weighted by molar-refractivity contribution is -0.137. The highest BCUT2D eigenvalue weighted by Crippen LogP contribution is 2.34. The molecule has 0 aromatic heterocycles. The van der Waals surface area contributed by atoms with Crippen molar-refractivity contribution >= 4 is 35.1 Å². The molecule has 1 amide bonds. The first-order valence-corrected chi connectivity index (χ1v) is 17.2. The molecule has 2 aromatic rings.